The molecule has 0 radical (unpaired) electrons. The number of anilines is 2. The zero-order valence-electron chi connectivity index (χ0n) is 15.9. The summed E-state index contributed by atoms with van der Waals surface area (Å²) in [4.78, 5) is 19.7. The van der Waals surface area contributed by atoms with E-state index in [0.29, 0.717) is 0 Å². The smallest absolute Gasteiger partial charge is 0.222 e. The van der Waals surface area contributed by atoms with Gasteiger partial charge in [0.2, 0.25) is 5.95 Å². The van der Waals surface area contributed by atoms with Crippen LogP contribution in [0.25, 0.3) is 11.0 Å². The van der Waals surface area contributed by atoms with Crippen LogP contribution in [-0.4, -0.2) is 46.1 Å². The van der Waals surface area contributed by atoms with E-state index in [9.17, 15) is 0 Å². The summed E-state index contributed by atoms with van der Waals surface area (Å²) in [5.74, 6) is 1.61. The molecule has 1 atom stereocenters. The number of aromatic amines is 1. The van der Waals surface area contributed by atoms with Crippen LogP contribution in [-0.2, 0) is 12.0 Å². The van der Waals surface area contributed by atoms with Gasteiger partial charge in [0.05, 0.1) is 23.1 Å². The predicted octanol–water partition coefficient (Wildman–Crippen LogP) is 2.43. The molecular formula is C21H25N7. The van der Waals surface area contributed by atoms with Crippen molar-refractivity contribution in [1.82, 2.24) is 25.3 Å². The summed E-state index contributed by atoms with van der Waals surface area (Å²) in [6.07, 6.45) is 7.58. The quantitative estimate of drug-likeness (QED) is 0.650. The molecule has 144 valence electrons. The van der Waals surface area contributed by atoms with Crippen molar-refractivity contribution in [3.05, 3.63) is 42.0 Å². The van der Waals surface area contributed by atoms with E-state index in [1.165, 1.54) is 29.8 Å². The summed E-state index contributed by atoms with van der Waals surface area (Å²) in [5.41, 5.74) is 5.85. The minimum atomic E-state index is 0.0511. The molecule has 2 fully saturated rings. The van der Waals surface area contributed by atoms with Gasteiger partial charge in [-0.2, -0.15) is 0 Å². The molecule has 0 amide bonds. The number of hydrogen-bond donors (Lipinski definition) is 3. The van der Waals surface area contributed by atoms with E-state index < -0.39 is 0 Å². The van der Waals surface area contributed by atoms with Crippen LogP contribution in [0, 0.1) is 5.92 Å². The Labute approximate surface area is 164 Å². The minimum Gasteiger partial charge on any atom is -0.366 e. The van der Waals surface area contributed by atoms with Crippen LogP contribution < -0.4 is 15.5 Å². The number of H-pyrrole nitrogens is 1. The fourth-order valence-corrected chi connectivity index (χ4v) is 4.71. The highest BCUT2D eigenvalue weighted by molar-refractivity contribution is 5.79. The Morgan fingerprint density at radius 3 is 3.07 bits per heavy atom. The van der Waals surface area contributed by atoms with E-state index in [4.69, 9.17) is 4.98 Å². The second kappa shape index (κ2) is 6.17. The maximum atomic E-state index is 5.01. The van der Waals surface area contributed by atoms with Crippen LogP contribution in [0.4, 0.5) is 11.6 Å². The van der Waals surface area contributed by atoms with E-state index in [0.717, 1.165) is 62.0 Å². The van der Waals surface area contributed by atoms with Crippen LogP contribution in [0.2, 0.25) is 0 Å². The molecule has 1 aliphatic carbocycles. The first-order valence-corrected chi connectivity index (χ1v) is 10.3. The first-order chi connectivity index (χ1) is 13.8. The Kier molecular flexibility index (Phi) is 3.59. The van der Waals surface area contributed by atoms with Crippen molar-refractivity contribution in [2.75, 3.05) is 36.4 Å². The number of benzene rings is 1. The average molecular weight is 375 g/mol. The monoisotopic (exact) mass is 375 g/mol. The fraction of sp³-hybridized carbons (Fsp3) is 0.476. The molecule has 1 aromatic carbocycles. The standard InChI is InChI=1S/C21H25N7/c1-2-14(1)8-23-20-24-9-15-10-28(12-21(19(15)27-20)5-6-22-11-21)16-3-4-17-18(7-16)26-13-25-17/h3-4,7,9,13-14,22H,1-2,5-6,8,10-12H2,(H,25,26)(H,23,24,27). The molecular weight excluding hydrogens is 350 g/mol. The summed E-state index contributed by atoms with van der Waals surface area (Å²) in [6.45, 7) is 4.84. The van der Waals surface area contributed by atoms with Crippen LogP contribution in [0.1, 0.15) is 30.5 Å². The highest BCUT2D eigenvalue weighted by atomic mass is 15.2. The number of nitrogens with zero attached hydrogens (tertiary/aromatic N) is 4. The van der Waals surface area contributed by atoms with Gasteiger partial charge in [0, 0.05) is 49.0 Å². The van der Waals surface area contributed by atoms with Crippen LogP contribution in [0.5, 0.6) is 0 Å². The Bertz CT molecular complexity index is 1020. The number of fused-ring (bicyclic) bond motifs is 3. The first-order valence-electron chi connectivity index (χ1n) is 10.3. The first kappa shape index (κ1) is 16.3. The molecule has 2 aliphatic heterocycles. The normalized spacial score (nSPS) is 24.1. The number of aromatic nitrogens is 4. The summed E-state index contributed by atoms with van der Waals surface area (Å²) < 4.78 is 0. The van der Waals surface area contributed by atoms with Crippen molar-refractivity contribution in [3.63, 3.8) is 0 Å². The lowest BCUT2D eigenvalue weighted by Gasteiger charge is -2.41. The highest BCUT2D eigenvalue weighted by Crippen LogP contribution is 2.39. The van der Waals surface area contributed by atoms with Crippen molar-refractivity contribution >= 4 is 22.7 Å². The molecule has 28 heavy (non-hydrogen) atoms. The molecule has 1 spiro atoms. The predicted molar refractivity (Wildman–Crippen MR) is 110 cm³/mol. The molecule has 1 saturated carbocycles. The van der Waals surface area contributed by atoms with Gasteiger partial charge in [-0.3, -0.25) is 0 Å². The highest BCUT2D eigenvalue weighted by Gasteiger charge is 2.44. The third kappa shape index (κ3) is 2.73. The van der Waals surface area contributed by atoms with E-state index in [-0.39, 0.29) is 5.41 Å². The zero-order valence-corrected chi connectivity index (χ0v) is 15.9. The molecule has 0 bridgehead atoms. The van der Waals surface area contributed by atoms with Gasteiger partial charge in [-0.15, -0.1) is 0 Å². The Morgan fingerprint density at radius 1 is 1.25 bits per heavy atom. The number of nitrogens with one attached hydrogen (secondary N) is 3. The molecule has 6 rings (SSSR count). The molecule has 3 N–H and O–H groups in total. The minimum absolute atomic E-state index is 0.0511. The lowest BCUT2D eigenvalue weighted by Crippen LogP contribution is -2.48. The number of rotatable bonds is 4. The van der Waals surface area contributed by atoms with Crippen molar-refractivity contribution in [3.8, 4) is 0 Å². The van der Waals surface area contributed by atoms with Gasteiger partial charge in [0.25, 0.3) is 0 Å². The maximum absolute atomic E-state index is 5.01. The SMILES string of the molecule is c1nc2ccc(N3Cc4cnc(NCC5CC5)nc4C4(CCNC4)C3)cc2[nH]1. The zero-order chi connectivity index (χ0) is 18.6. The van der Waals surface area contributed by atoms with Gasteiger partial charge >= 0.3 is 0 Å². The van der Waals surface area contributed by atoms with Crippen molar-refractivity contribution in [2.45, 2.75) is 31.2 Å². The van der Waals surface area contributed by atoms with Gasteiger partial charge < -0.3 is 20.5 Å². The van der Waals surface area contributed by atoms with Gasteiger partial charge in [-0.05, 0) is 49.9 Å². The summed E-state index contributed by atoms with van der Waals surface area (Å²) >= 11 is 0. The van der Waals surface area contributed by atoms with Crippen LogP contribution in [0.3, 0.4) is 0 Å². The summed E-state index contributed by atoms with van der Waals surface area (Å²) in [7, 11) is 0. The van der Waals surface area contributed by atoms with Crippen molar-refractivity contribution in [2.24, 2.45) is 5.92 Å². The third-order valence-corrected chi connectivity index (χ3v) is 6.48. The lowest BCUT2D eigenvalue weighted by atomic mass is 9.78. The molecule has 3 aromatic rings. The van der Waals surface area contributed by atoms with Crippen LogP contribution in [0.15, 0.2) is 30.7 Å². The molecule has 3 aliphatic rings. The molecule has 1 unspecified atom stereocenters. The van der Waals surface area contributed by atoms with Gasteiger partial charge in [-0.1, -0.05) is 0 Å². The van der Waals surface area contributed by atoms with Gasteiger partial charge in [0.1, 0.15) is 0 Å². The maximum Gasteiger partial charge on any atom is 0.222 e. The number of hydrogen-bond acceptors (Lipinski definition) is 6. The molecule has 1 saturated heterocycles. The van der Waals surface area contributed by atoms with Gasteiger partial charge in [-0.25, -0.2) is 15.0 Å². The average Bonchev–Trinajstić information content (AvgIpc) is 3.23. The van der Waals surface area contributed by atoms with Crippen LogP contribution >= 0.6 is 0 Å². The molecule has 4 heterocycles. The fourth-order valence-electron chi connectivity index (χ4n) is 4.71. The molecule has 7 nitrogen and oxygen atoms in total. The summed E-state index contributed by atoms with van der Waals surface area (Å²) in [5, 5.41) is 7.03. The van der Waals surface area contributed by atoms with E-state index >= 15 is 0 Å². The topological polar surface area (TPSA) is 81.8 Å². The lowest BCUT2D eigenvalue weighted by molar-refractivity contribution is 0.420. The molecule has 7 heteroatoms. The second-order valence-corrected chi connectivity index (χ2v) is 8.56. The Hall–Kier alpha value is -2.67. The third-order valence-electron chi connectivity index (χ3n) is 6.48. The van der Waals surface area contributed by atoms with E-state index in [1.54, 1.807) is 6.33 Å². The number of imidazole rings is 1. The van der Waals surface area contributed by atoms with E-state index in [1.807, 2.05) is 6.20 Å². The van der Waals surface area contributed by atoms with Gasteiger partial charge in [0.15, 0.2) is 0 Å². The largest absolute Gasteiger partial charge is 0.366 e. The van der Waals surface area contributed by atoms with E-state index in [2.05, 4.69) is 48.7 Å². The Balaban J connectivity index is 1.35. The Morgan fingerprint density at radius 2 is 2.21 bits per heavy atom. The van der Waals surface area contributed by atoms with Crippen molar-refractivity contribution in [1.29, 1.82) is 0 Å². The van der Waals surface area contributed by atoms with Crippen molar-refractivity contribution < 1.29 is 0 Å². The molecule has 2 aromatic heterocycles. The second-order valence-electron chi connectivity index (χ2n) is 8.56. The summed E-state index contributed by atoms with van der Waals surface area (Å²) in [6, 6.07) is 6.48.